The van der Waals surface area contributed by atoms with Crippen molar-refractivity contribution >= 4 is 0 Å². The first-order valence-electron chi connectivity index (χ1n) is 6.62. The van der Waals surface area contributed by atoms with Crippen LogP contribution in [-0.4, -0.2) is 74.5 Å². The van der Waals surface area contributed by atoms with Gasteiger partial charge in [-0.25, -0.2) is 0 Å². The average Bonchev–Trinajstić information content (AvgIpc) is 2.47. The lowest BCUT2D eigenvalue weighted by molar-refractivity contribution is 0.0115. The molecule has 0 aliphatic carbocycles. The minimum Gasteiger partial charge on any atom is -0.391 e. The van der Waals surface area contributed by atoms with Crippen LogP contribution in [0.2, 0.25) is 0 Å². The van der Waals surface area contributed by atoms with Crippen LogP contribution in [0.4, 0.5) is 0 Å². The maximum atomic E-state index is 10.5. The molecule has 1 N–H and O–H groups in total. The Morgan fingerprint density at radius 2 is 2.06 bits per heavy atom. The van der Waals surface area contributed by atoms with Gasteiger partial charge in [0.15, 0.2) is 0 Å². The van der Waals surface area contributed by atoms with E-state index in [1.807, 2.05) is 0 Å². The predicted octanol–water partition coefficient (Wildman–Crippen LogP) is 0.656. The molecule has 0 spiro atoms. The van der Waals surface area contributed by atoms with E-state index >= 15 is 0 Å². The van der Waals surface area contributed by atoms with Crippen molar-refractivity contribution in [2.75, 3.05) is 47.4 Å². The van der Waals surface area contributed by atoms with Crippen LogP contribution in [-0.2, 0) is 4.74 Å². The third-order valence-corrected chi connectivity index (χ3v) is 3.87. The van der Waals surface area contributed by atoms with Crippen LogP contribution in [0.15, 0.2) is 0 Å². The second kappa shape index (κ2) is 7.31. The van der Waals surface area contributed by atoms with E-state index in [-0.39, 0.29) is 18.1 Å². The summed E-state index contributed by atoms with van der Waals surface area (Å²) in [4.78, 5) is 4.62. The van der Waals surface area contributed by atoms with Crippen molar-refractivity contribution in [2.24, 2.45) is 5.92 Å². The van der Waals surface area contributed by atoms with Gasteiger partial charge in [-0.3, -0.25) is 4.90 Å². The summed E-state index contributed by atoms with van der Waals surface area (Å²) in [5.74, 6) is 0.286. The van der Waals surface area contributed by atoms with Gasteiger partial charge in [0.25, 0.3) is 0 Å². The van der Waals surface area contributed by atoms with Crippen molar-refractivity contribution in [3.63, 3.8) is 0 Å². The van der Waals surface area contributed by atoms with Gasteiger partial charge >= 0.3 is 0 Å². The van der Waals surface area contributed by atoms with Crippen LogP contribution in [0.1, 0.15) is 19.8 Å². The molecule has 0 radical (unpaired) electrons. The maximum Gasteiger partial charge on any atom is 0.0734 e. The smallest absolute Gasteiger partial charge is 0.0734 e. The second-order valence-electron chi connectivity index (χ2n) is 5.41. The minimum absolute atomic E-state index is 0.245. The van der Waals surface area contributed by atoms with Crippen molar-refractivity contribution in [3.05, 3.63) is 0 Å². The molecule has 0 aromatic rings. The van der Waals surface area contributed by atoms with E-state index in [4.69, 9.17) is 4.74 Å². The third-order valence-electron chi connectivity index (χ3n) is 3.87. The quantitative estimate of drug-likeness (QED) is 0.770. The molecule has 0 aromatic carbocycles. The summed E-state index contributed by atoms with van der Waals surface area (Å²) >= 11 is 0. The summed E-state index contributed by atoms with van der Waals surface area (Å²) in [5, 5.41) is 10.5. The number of nitrogens with zero attached hydrogens (tertiary/aromatic N) is 2. The summed E-state index contributed by atoms with van der Waals surface area (Å²) in [6, 6.07) is 0.245. The summed E-state index contributed by atoms with van der Waals surface area (Å²) in [7, 11) is 5.97. The van der Waals surface area contributed by atoms with Crippen LogP contribution in [0, 0.1) is 5.92 Å². The summed E-state index contributed by atoms with van der Waals surface area (Å²) in [6.45, 7) is 5.99. The first kappa shape index (κ1) is 14.9. The normalized spacial score (nSPS) is 27.7. The number of likely N-dealkylation sites (N-methyl/N-ethyl adjacent to an activating group) is 2. The molecule has 4 nitrogen and oxygen atoms in total. The Morgan fingerprint density at radius 1 is 1.35 bits per heavy atom. The fourth-order valence-corrected chi connectivity index (χ4v) is 2.53. The van der Waals surface area contributed by atoms with Gasteiger partial charge in [0.1, 0.15) is 0 Å². The Labute approximate surface area is 106 Å². The van der Waals surface area contributed by atoms with E-state index in [1.54, 1.807) is 7.11 Å². The third kappa shape index (κ3) is 4.54. The number of aliphatic hydroxyl groups is 1. The molecule has 0 amide bonds. The van der Waals surface area contributed by atoms with Crippen molar-refractivity contribution < 1.29 is 9.84 Å². The number of aliphatic hydroxyl groups excluding tert-OH is 1. The van der Waals surface area contributed by atoms with Gasteiger partial charge in [0.05, 0.1) is 6.10 Å². The summed E-state index contributed by atoms with van der Waals surface area (Å²) in [5.41, 5.74) is 0. The molecule has 0 bridgehead atoms. The van der Waals surface area contributed by atoms with Gasteiger partial charge in [-0.15, -0.1) is 0 Å². The van der Waals surface area contributed by atoms with Crippen LogP contribution in [0.5, 0.6) is 0 Å². The van der Waals surface area contributed by atoms with Crippen molar-refractivity contribution in [1.29, 1.82) is 0 Å². The largest absolute Gasteiger partial charge is 0.391 e. The van der Waals surface area contributed by atoms with E-state index in [1.165, 1.54) is 6.42 Å². The fourth-order valence-electron chi connectivity index (χ4n) is 2.53. The molecule has 3 atom stereocenters. The van der Waals surface area contributed by atoms with Crippen LogP contribution >= 0.6 is 0 Å². The Morgan fingerprint density at radius 3 is 2.71 bits per heavy atom. The minimum atomic E-state index is -0.268. The molecule has 1 heterocycles. The number of ether oxygens (including phenoxy) is 1. The van der Waals surface area contributed by atoms with Crippen molar-refractivity contribution in [1.82, 2.24) is 9.80 Å². The van der Waals surface area contributed by atoms with Crippen LogP contribution in [0.25, 0.3) is 0 Å². The molecule has 0 saturated carbocycles. The topological polar surface area (TPSA) is 35.9 Å². The zero-order chi connectivity index (χ0) is 12.8. The number of hydrogen-bond acceptors (Lipinski definition) is 4. The molecule has 102 valence electrons. The second-order valence-corrected chi connectivity index (χ2v) is 5.41. The highest BCUT2D eigenvalue weighted by atomic mass is 16.5. The van der Waals surface area contributed by atoms with Gasteiger partial charge in [-0.1, -0.05) is 6.92 Å². The van der Waals surface area contributed by atoms with Crippen molar-refractivity contribution in [2.45, 2.75) is 31.9 Å². The molecule has 3 unspecified atom stereocenters. The first-order valence-corrected chi connectivity index (χ1v) is 6.62. The Balaban J connectivity index is 2.54. The standard InChI is InChI=1S/C13H28N2O2/c1-11(6-9-17-4)13(16)12-10-14(2)7-5-8-15(12)3/h11-13,16H,5-10H2,1-4H3. The van der Waals surface area contributed by atoms with Gasteiger partial charge in [0, 0.05) is 26.3 Å². The van der Waals surface area contributed by atoms with Gasteiger partial charge < -0.3 is 14.7 Å². The highest BCUT2D eigenvalue weighted by Gasteiger charge is 2.30. The maximum absolute atomic E-state index is 10.5. The molecule has 1 fully saturated rings. The molecule has 1 aliphatic rings. The molecule has 1 rings (SSSR count). The monoisotopic (exact) mass is 244 g/mol. The highest BCUT2D eigenvalue weighted by Crippen LogP contribution is 2.18. The number of hydrogen-bond donors (Lipinski definition) is 1. The molecule has 0 aromatic heterocycles. The average molecular weight is 244 g/mol. The molecule has 1 aliphatic heterocycles. The Kier molecular flexibility index (Phi) is 6.41. The first-order chi connectivity index (χ1) is 8.06. The molecule has 1 saturated heterocycles. The number of methoxy groups -OCH3 is 1. The molecular formula is C13H28N2O2. The summed E-state index contributed by atoms with van der Waals surface area (Å²) < 4.78 is 5.09. The van der Waals surface area contributed by atoms with E-state index in [2.05, 4.69) is 30.8 Å². The summed E-state index contributed by atoms with van der Waals surface area (Å²) in [6.07, 6.45) is 1.84. The van der Waals surface area contributed by atoms with Gasteiger partial charge in [0.2, 0.25) is 0 Å². The highest BCUT2D eigenvalue weighted by molar-refractivity contribution is 4.85. The van der Waals surface area contributed by atoms with Crippen LogP contribution < -0.4 is 0 Å². The van der Waals surface area contributed by atoms with Gasteiger partial charge in [-0.05, 0) is 45.9 Å². The molecule has 4 heteroatoms. The van der Waals surface area contributed by atoms with E-state index < -0.39 is 0 Å². The van der Waals surface area contributed by atoms with Crippen LogP contribution in [0.3, 0.4) is 0 Å². The van der Waals surface area contributed by atoms with E-state index in [0.29, 0.717) is 0 Å². The van der Waals surface area contributed by atoms with Gasteiger partial charge in [-0.2, -0.15) is 0 Å². The number of rotatable bonds is 5. The lowest BCUT2D eigenvalue weighted by Gasteiger charge is -2.34. The molecule has 17 heavy (non-hydrogen) atoms. The fraction of sp³-hybridized carbons (Fsp3) is 1.00. The molecular weight excluding hydrogens is 216 g/mol. The Hall–Kier alpha value is -0.160. The zero-order valence-electron chi connectivity index (χ0n) is 11.7. The Bertz CT molecular complexity index is 214. The lowest BCUT2D eigenvalue weighted by atomic mass is 9.94. The SMILES string of the molecule is COCCC(C)C(O)C1CN(C)CCCN1C. The lowest BCUT2D eigenvalue weighted by Crippen LogP contribution is -2.48. The predicted molar refractivity (Wildman–Crippen MR) is 70.2 cm³/mol. The van der Waals surface area contributed by atoms with Crippen molar-refractivity contribution in [3.8, 4) is 0 Å². The van der Waals surface area contributed by atoms with E-state index in [9.17, 15) is 5.11 Å². The zero-order valence-corrected chi connectivity index (χ0v) is 11.7. The van der Waals surface area contributed by atoms with E-state index in [0.717, 1.165) is 32.7 Å².